The van der Waals surface area contributed by atoms with E-state index in [1.807, 2.05) is 0 Å². The summed E-state index contributed by atoms with van der Waals surface area (Å²) >= 11 is 0. The molecule has 1 N–H and O–H groups in total. The van der Waals surface area contributed by atoms with Crippen LogP contribution in [0.2, 0.25) is 0 Å². The Kier molecular flexibility index (Phi) is 3.41. The van der Waals surface area contributed by atoms with Gasteiger partial charge in [-0.15, -0.1) is 0 Å². The van der Waals surface area contributed by atoms with Crippen LogP contribution in [-0.4, -0.2) is 11.0 Å². The number of anilines is 1. The van der Waals surface area contributed by atoms with Crippen molar-refractivity contribution in [1.82, 2.24) is 4.98 Å². The van der Waals surface area contributed by atoms with Crippen LogP contribution in [0.3, 0.4) is 0 Å². The first-order valence-electron chi connectivity index (χ1n) is 7.43. The van der Waals surface area contributed by atoms with Gasteiger partial charge in [0.05, 0.1) is 11.2 Å². The first kappa shape index (κ1) is 12.5. The largest absolute Gasteiger partial charge is 0.380 e. The Bertz CT molecular complexity index is 589. The molecule has 1 atom stereocenters. The highest BCUT2D eigenvalue weighted by Gasteiger charge is 2.19. The highest BCUT2D eigenvalue weighted by molar-refractivity contribution is 5.92. The lowest BCUT2D eigenvalue weighted by atomic mass is 9.93. The first-order chi connectivity index (χ1) is 9.28. The Morgan fingerprint density at radius 2 is 2.11 bits per heavy atom. The molecule has 100 valence electrons. The standard InChI is InChI=1S/C17H22N2/c1-3-4-5-15-11-10-14-9-8-13-7-6-12(2)18-16(13)17(14)19-15/h6-9,15,19H,3-5,10-11H2,1-2H3/t15-/m1/s1. The highest BCUT2D eigenvalue weighted by atomic mass is 14.9. The molecule has 2 nitrogen and oxygen atoms in total. The molecule has 1 aromatic carbocycles. The van der Waals surface area contributed by atoms with Gasteiger partial charge in [-0.1, -0.05) is 38.0 Å². The summed E-state index contributed by atoms with van der Waals surface area (Å²) in [5.74, 6) is 0. The summed E-state index contributed by atoms with van der Waals surface area (Å²) in [5, 5.41) is 4.98. The topological polar surface area (TPSA) is 24.9 Å². The van der Waals surface area contributed by atoms with Gasteiger partial charge in [-0.2, -0.15) is 0 Å². The molecule has 0 unspecified atom stereocenters. The van der Waals surface area contributed by atoms with Gasteiger partial charge in [-0.05, 0) is 37.8 Å². The second-order valence-electron chi connectivity index (χ2n) is 5.65. The predicted octanol–water partition coefficient (Wildman–Crippen LogP) is 4.46. The fraction of sp³-hybridized carbons (Fsp3) is 0.471. The molecule has 3 rings (SSSR count). The van der Waals surface area contributed by atoms with E-state index < -0.39 is 0 Å². The lowest BCUT2D eigenvalue weighted by Gasteiger charge is -2.28. The van der Waals surface area contributed by atoms with Crippen LogP contribution >= 0.6 is 0 Å². The van der Waals surface area contributed by atoms with Crippen LogP contribution < -0.4 is 5.32 Å². The van der Waals surface area contributed by atoms with Crippen LogP contribution in [-0.2, 0) is 6.42 Å². The van der Waals surface area contributed by atoms with Gasteiger partial charge in [-0.3, -0.25) is 4.98 Å². The molecule has 0 radical (unpaired) electrons. The molecule has 0 amide bonds. The van der Waals surface area contributed by atoms with E-state index in [0.29, 0.717) is 6.04 Å². The number of nitrogens with zero attached hydrogens (tertiary/aromatic N) is 1. The van der Waals surface area contributed by atoms with Crippen molar-refractivity contribution >= 4 is 16.6 Å². The van der Waals surface area contributed by atoms with E-state index in [1.54, 1.807) is 0 Å². The number of unbranched alkanes of at least 4 members (excludes halogenated alkanes) is 1. The van der Waals surface area contributed by atoms with E-state index in [1.165, 1.54) is 48.7 Å². The van der Waals surface area contributed by atoms with E-state index in [2.05, 4.69) is 43.4 Å². The van der Waals surface area contributed by atoms with Gasteiger partial charge < -0.3 is 5.32 Å². The third-order valence-corrected chi connectivity index (χ3v) is 4.10. The summed E-state index contributed by atoms with van der Waals surface area (Å²) in [6.45, 7) is 4.33. The highest BCUT2D eigenvalue weighted by Crippen LogP contribution is 2.32. The van der Waals surface area contributed by atoms with Crippen LogP contribution in [0.25, 0.3) is 10.9 Å². The summed E-state index contributed by atoms with van der Waals surface area (Å²) in [7, 11) is 0. The van der Waals surface area contributed by atoms with Crippen molar-refractivity contribution in [2.24, 2.45) is 0 Å². The second-order valence-corrected chi connectivity index (χ2v) is 5.65. The molecule has 1 aliphatic rings. The number of hydrogen-bond acceptors (Lipinski definition) is 2. The Morgan fingerprint density at radius 1 is 1.26 bits per heavy atom. The molecule has 2 aromatic rings. The Labute approximate surface area is 115 Å². The van der Waals surface area contributed by atoms with E-state index in [0.717, 1.165) is 11.2 Å². The first-order valence-corrected chi connectivity index (χ1v) is 7.43. The van der Waals surface area contributed by atoms with Crippen molar-refractivity contribution in [2.45, 2.75) is 52.0 Å². The number of benzene rings is 1. The third-order valence-electron chi connectivity index (χ3n) is 4.10. The van der Waals surface area contributed by atoms with E-state index in [4.69, 9.17) is 4.98 Å². The summed E-state index contributed by atoms with van der Waals surface area (Å²) in [5.41, 5.74) is 4.96. The number of fused-ring (bicyclic) bond motifs is 3. The van der Waals surface area contributed by atoms with Crippen molar-refractivity contribution in [3.05, 3.63) is 35.5 Å². The van der Waals surface area contributed by atoms with Crippen LogP contribution in [0, 0.1) is 6.92 Å². The van der Waals surface area contributed by atoms with Crippen LogP contribution in [0.4, 0.5) is 5.69 Å². The van der Waals surface area contributed by atoms with Gasteiger partial charge in [0, 0.05) is 17.1 Å². The fourth-order valence-electron chi connectivity index (χ4n) is 2.97. The Hall–Kier alpha value is -1.57. The third kappa shape index (κ3) is 2.44. The van der Waals surface area contributed by atoms with Crippen LogP contribution in [0.15, 0.2) is 24.3 Å². The molecule has 0 saturated carbocycles. The molecule has 2 heteroatoms. The van der Waals surface area contributed by atoms with E-state index in [9.17, 15) is 0 Å². The van der Waals surface area contributed by atoms with Gasteiger partial charge in [0.1, 0.15) is 0 Å². The van der Waals surface area contributed by atoms with E-state index in [-0.39, 0.29) is 0 Å². The smallest absolute Gasteiger partial charge is 0.0939 e. The maximum absolute atomic E-state index is 4.74. The number of pyridine rings is 1. The average Bonchev–Trinajstić information content (AvgIpc) is 2.44. The Morgan fingerprint density at radius 3 is 2.95 bits per heavy atom. The van der Waals surface area contributed by atoms with Crippen LogP contribution in [0.5, 0.6) is 0 Å². The summed E-state index contributed by atoms with van der Waals surface area (Å²) in [6.07, 6.45) is 6.30. The van der Waals surface area contributed by atoms with Crippen molar-refractivity contribution in [3.63, 3.8) is 0 Å². The number of rotatable bonds is 3. The molecule has 0 saturated heterocycles. The van der Waals surface area contributed by atoms with Gasteiger partial charge >= 0.3 is 0 Å². The van der Waals surface area contributed by atoms with Gasteiger partial charge in [-0.25, -0.2) is 0 Å². The molecule has 0 bridgehead atoms. The Balaban J connectivity index is 1.98. The van der Waals surface area contributed by atoms with Gasteiger partial charge in [0.2, 0.25) is 0 Å². The van der Waals surface area contributed by atoms with Gasteiger partial charge in [0.15, 0.2) is 0 Å². The summed E-state index contributed by atoms with van der Waals surface area (Å²) in [4.78, 5) is 4.74. The molecular formula is C17H22N2. The molecule has 2 heterocycles. The van der Waals surface area contributed by atoms with Crippen LogP contribution in [0.1, 0.15) is 43.9 Å². The lowest BCUT2D eigenvalue weighted by Crippen LogP contribution is -2.25. The number of aromatic nitrogens is 1. The summed E-state index contributed by atoms with van der Waals surface area (Å²) < 4.78 is 0. The predicted molar refractivity (Wildman–Crippen MR) is 81.7 cm³/mol. The summed E-state index contributed by atoms with van der Waals surface area (Å²) in [6, 6.07) is 9.36. The fourth-order valence-corrected chi connectivity index (χ4v) is 2.97. The lowest BCUT2D eigenvalue weighted by molar-refractivity contribution is 0.558. The molecule has 0 aliphatic carbocycles. The SMILES string of the molecule is CCCC[C@@H]1CCc2ccc3ccc(C)nc3c2N1. The monoisotopic (exact) mass is 254 g/mol. The minimum absolute atomic E-state index is 0.625. The molecule has 1 aromatic heterocycles. The molecule has 0 fully saturated rings. The maximum Gasteiger partial charge on any atom is 0.0939 e. The molecule has 0 spiro atoms. The van der Waals surface area contributed by atoms with Crippen molar-refractivity contribution in [1.29, 1.82) is 0 Å². The number of nitrogens with one attached hydrogen (secondary N) is 1. The quantitative estimate of drug-likeness (QED) is 0.874. The zero-order valence-electron chi connectivity index (χ0n) is 11.9. The normalized spacial score (nSPS) is 18.1. The second kappa shape index (κ2) is 5.20. The minimum atomic E-state index is 0.625. The van der Waals surface area contributed by atoms with Crippen molar-refractivity contribution in [2.75, 3.05) is 5.32 Å². The van der Waals surface area contributed by atoms with Crippen molar-refractivity contribution in [3.8, 4) is 0 Å². The molecule has 19 heavy (non-hydrogen) atoms. The maximum atomic E-state index is 4.74. The number of aryl methyl sites for hydroxylation is 2. The van der Waals surface area contributed by atoms with Crippen molar-refractivity contribution < 1.29 is 0 Å². The zero-order chi connectivity index (χ0) is 13.2. The minimum Gasteiger partial charge on any atom is -0.380 e. The molecule has 1 aliphatic heterocycles. The zero-order valence-corrected chi connectivity index (χ0v) is 11.9. The average molecular weight is 254 g/mol. The van der Waals surface area contributed by atoms with E-state index >= 15 is 0 Å². The van der Waals surface area contributed by atoms with Gasteiger partial charge in [0.25, 0.3) is 0 Å². The molecular weight excluding hydrogens is 232 g/mol. The number of hydrogen-bond donors (Lipinski definition) is 1.